The maximum atomic E-state index is 11.8. The van der Waals surface area contributed by atoms with E-state index in [1.807, 2.05) is 24.3 Å². The third-order valence-electron chi connectivity index (χ3n) is 5.90. The first kappa shape index (κ1) is 22.1. The fourth-order valence-corrected chi connectivity index (χ4v) is 4.71. The lowest BCUT2D eigenvalue weighted by atomic mass is 9.79. The average Bonchev–Trinajstić information content (AvgIpc) is 2.74. The number of nitrogens with one attached hydrogen (secondary N) is 4. The van der Waals surface area contributed by atoms with Gasteiger partial charge in [-0.25, -0.2) is 4.99 Å². The van der Waals surface area contributed by atoms with Crippen LogP contribution in [0.1, 0.15) is 51.5 Å². The van der Waals surface area contributed by atoms with Crippen LogP contribution in [-0.2, 0) is 16.1 Å². The summed E-state index contributed by atoms with van der Waals surface area (Å²) in [5, 5.41) is 13.7. The second-order valence-electron chi connectivity index (χ2n) is 8.46. The summed E-state index contributed by atoms with van der Waals surface area (Å²) in [5.41, 5.74) is 3.31. The third kappa shape index (κ3) is 4.72. The maximum Gasteiger partial charge on any atom is 0.221 e. The van der Waals surface area contributed by atoms with E-state index in [2.05, 4.69) is 21.3 Å². The number of nitrogens with zero attached hydrogens (tertiary/aromatic N) is 1. The number of amides is 2. The molecule has 1 fully saturated rings. The van der Waals surface area contributed by atoms with Crippen LogP contribution in [0.4, 0.5) is 22.7 Å². The van der Waals surface area contributed by atoms with Gasteiger partial charge in [0.25, 0.3) is 0 Å². The Bertz CT molecular complexity index is 1080. The molecule has 0 radical (unpaired) electrons. The number of aliphatic imine (C=N–C) groups is 1. The molecule has 2 aromatic rings. The molecule has 7 nitrogen and oxygen atoms in total. The fourth-order valence-electron chi connectivity index (χ4n) is 4.49. The molecule has 2 aromatic carbocycles. The molecule has 1 aliphatic carbocycles. The van der Waals surface area contributed by atoms with E-state index in [9.17, 15) is 9.59 Å². The minimum atomic E-state index is -0.355. The molecule has 1 heterocycles. The van der Waals surface area contributed by atoms with Crippen molar-refractivity contribution in [3.05, 3.63) is 47.0 Å². The molecule has 0 unspecified atom stereocenters. The molecular formula is C24H28ClN5O2. The Hall–Kier alpha value is -3.06. The van der Waals surface area contributed by atoms with Crippen molar-refractivity contribution in [2.75, 3.05) is 16.0 Å². The fraction of sp³-hybridized carbons (Fsp3) is 0.375. The predicted molar refractivity (Wildman–Crippen MR) is 130 cm³/mol. The zero-order valence-electron chi connectivity index (χ0n) is 18.3. The number of hydrogen-bond donors (Lipinski definition) is 4. The Labute approximate surface area is 193 Å². The Balaban J connectivity index is 1.77. The van der Waals surface area contributed by atoms with E-state index in [4.69, 9.17) is 16.6 Å². The van der Waals surface area contributed by atoms with E-state index in [1.54, 1.807) is 12.1 Å². The van der Waals surface area contributed by atoms with Gasteiger partial charge in [-0.1, -0.05) is 43.0 Å². The second-order valence-corrected chi connectivity index (χ2v) is 8.89. The van der Waals surface area contributed by atoms with Gasteiger partial charge in [0.1, 0.15) is 11.5 Å². The number of benzene rings is 2. The van der Waals surface area contributed by atoms with Crippen LogP contribution < -0.4 is 21.3 Å². The predicted octanol–water partition coefficient (Wildman–Crippen LogP) is 5.21. The third-order valence-corrected chi connectivity index (χ3v) is 6.13. The summed E-state index contributed by atoms with van der Waals surface area (Å²) in [7, 11) is 0. The maximum absolute atomic E-state index is 11.8. The van der Waals surface area contributed by atoms with E-state index < -0.39 is 0 Å². The molecule has 2 aliphatic rings. The largest absolute Gasteiger partial charge is 0.369 e. The molecule has 168 valence electrons. The quantitative estimate of drug-likeness (QED) is 0.511. The van der Waals surface area contributed by atoms with Crippen LogP contribution in [0.5, 0.6) is 0 Å². The van der Waals surface area contributed by atoms with E-state index in [0.29, 0.717) is 28.6 Å². The topological polar surface area (TPSA) is 94.6 Å². The molecule has 8 heteroatoms. The Morgan fingerprint density at radius 1 is 1.03 bits per heavy atom. The summed E-state index contributed by atoms with van der Waals surface area (Å²) in [6.45, 7) is 3.53. The van der Waals surface area contributed by atoms with Crippen molar-refractivity contribution >= 4 is 52.0 Å². The number of hydrogen-bond acceptors (Lipinski definition) is 5. The lowest BCUT2D eigenvalue weighted by Crippen LogP contribution is -2.55. The van der Waals surface area contributed by atoms with Crippen molar-refractivity contribution in [2.24, 2.45) is 4.99 Å². The molecule has 2 amide bonds. The summed E-state index contributed by atoms with van der Waals surface area (Å²) in [6.07, 6.45) is 5.21. The van der Waals surface area contributed by atoms with Crippen LogP contribution in [0.15, 0.2) is 41.4 Å². The highest BCUT2D eigenvalue weighted by Gasteiger charge is 2.41. The molecule has 0 aromatic heterocycles. The van der Waals surface area contributed by atoms with Gasteiger partial charge in [-0.3, -0.25) is 9.59 Å². The second kappa shape index (κ2) is 9.20. The number of fused-ring (bicyclic) bond motifs is 1. The van der Waals surface area contributed by atoms with E-state index in [0.717, 1.165) is 42.8 Å². The van der Waals surface area contributed by atoms with Gasteiger partial charge in [0.15, 0.2) is 0 Å². The highest BCUT2D eigenvalue weighted by atomic mass is 35.5. The molecule has 4 N–H and O–H groups in total. The Morgan fingerprint density at radius 2 is 1.72 bits per heavy atom. The zero-order chi connectivity index (χ0) is 22.7. The summed E-state index contributed by atoms with van der Waals surface area (Å²) in [6, 6.07) is 11.3. The van der Waals surface area contributed by atoms with Crippen LogP contribution in [0.2, 0.25) is 5.02 Å². The molecule has 0 atom stereocenters. The number of carbonyl (C=O) groups excluding carboxylic acids is 2. The van der Waals surface area contributed by atoms with E-state index >= 15 is 0 Å². The molecule has 0 bridgehead atoms. The standard InChI is InChI=1S/C24H28ClN5O2/c1-15(31)27-19-9-10-20(28-16(2)32)22-21(19)29-23(24(30-22)11-4-3-5-12-24)26-14-17-7-6-8-18(25)13-17/h6-10,13,30H,3-5,11-12,14H2,1-2H3,(H,26,29)(H,27,31)(H,28,32). The first-order valence-corrected chi connectivity index (χ1v) is 11.3. The number of amidine groups is 1. The van der Waals surface area contributed by atoms with Crippen molar-refractivity contribution in [1.82, 2.24) is 5.32 Å². The van der Waals surface area contributed by atoms with Crippen molar-refractivity contribution < 1.29 is 9.59 Å². The van der Waals surface area contributed by atoms with Gasteiger partial charge in [-0.05, 0) is 42.7 Å². The molecular weight excluding hydrogens is 426 g/mol. The van der Waals surface area contributed by atoms with Gasteiger partial charge in [0, 0.05) is 25.4 Å². The molecule has 0 saturated heterocycles. The average molecular weight is 454 g/mol. The zero-order valence-corrected chi connectivity index (χ0v) is 19.1. The van der Waals surface area contributed by atoms with Gasteiger partial charge < -0.3 is 21.3 Å². The summed E-state index contributed by atoms with van der Waals surface area (Å²) < 4.78 is 0. The SMILES string of the molecule is CC(=O)Nc1ccc(NC(C)=O)c2c1N=C(NCc1cccc(Cl)c1)C1(CCCCC1)N2. The van der Waals surface area contributed by atoms with Crippen LogP contribution >= 0.6 is 11.6 Å². The number of anilines is 3. The van der Waals surface area contributed by atoms with Crippen molar-refractivity contribution in [3.8, 4) is 0 Å². The van der Waals surface area contributed by atoms with Crippen LogP contribution in [0, 0.1) is 0 Å². The highest BCUT2D eigenvalue weighted by Crippen LogP contribution is 2.47. The monoisotopic (exact) mass is 453 g/mol. The number of halogens is 1. The van der Waals surface area contributed by atoms with Gasteiger partial charge in [0.2, 0.25) is 11.8 Å². The normalized spacial score (nSPS) is 16.4. The van der Waals surface area contributed by atoms with Gasteiger partial charge in [-0.15, -0.1) is 0 Å². The molecule has 1 aliphatic heterocycles. The summed E-state index contributed by atoms with van der Waals surface area (Å²) >= 11 is 6.16. The summed E-state index contributed by atoms with van der Waals surface area (Å²) in [4.78, 5) is 28.6. The lowest BCUT2D eigenvalue weighted by Gasteiger charge is -2.43. The first-order valence-electron chi connectivity index (χ1n) is 10.9. The van der Waals surface area contributed by atoms with E-state index in [1.165, 1.54) is 20.3 Å². The van der Waals surface area contributed by atoms with Gasteiger partial charge >= 0.3 is 0 Å². The lowest BCUT2D eigenvalue weighted by molar-refractivity contribution is -0.115. The Kier molecular flexibility index (Phi) is 6.37. The molecule has 1 saturated carbocycles. The minimum Gasteiger partial charge on any atom is -0.369 e. The molecule has 1 spiro atoms. The molecule has 32 heavy (non-hydrogen) atoms. The number of carbonyl (C=O) groups is 2. The smallest absolute Gasteiger partial charge is 0.221 e. The summed E-state index contributed by atoms with van der Waals surface area (Å²) in [5.74, 6) is 0.505. The van der Waals surface area contributed by atoms with Gasteiger partial charge in [-0.2, -0.15) is 0 Å². The van der Waals surface area contributed by atoms with Crippen molar-refractivity contribution in [2.45, 2.75) is 58.0 Å². The van der Waals surface area contributed by atoms with Gasteiger partial charge in [0.05, 0.1) is 22.6 Å². The number of rotatable bonds is 4. The van der Waals surface area contributed by atoms with E-state index in [-0.39, 0.29) is 17.4 Å². The van der Waals surface area contributed by atoms with Crippen LogP contribution in [-0.4, -0.2) is 23.2 Å². The van der Waals surface area contributed by atoms with Crippen molar-refractivity contribution in [1.29, 1.82) is 0 Å². The van der Waals surface area contributed by atoms with Crippen LogP contribution in [0.3, 0.4) is 0 Å². The molecule has 4 rings (SSSR count). The minimum absolute atomic E-state index is 0.159. The van der Waals surface area contributed by atoms with Crippen molar-refractivity contribution in [3.63, 3.8) is 0 Å². The Morgan fingerprint density at radius 3 is 2.41 bits per heavy atom. The first-order chi connectivity index (χ1) is 15.4. The highest BCUT2D eigenvalue weighted by molar-refractivity contribution is 6.30. The van der Waals surface area contributed by atoms with Crippen LogP contribution in [0.25, 0.3) is 0 Å².